The molecule has 4 rings (SSSR count). The third kappa shape index (κ3) is 4.94. The van der Waals surface area contributed by atoms with Crippen LogP contribution in [0.25, 0.3) is 0 Å². The molecule has 4 aliphatic carbocycles. The molecule has 43 heavy (non-hydrogen) atoms. The van der Waals surface area contributed by atoms with Crippen LogP contribution in [0.3, 0.4) is 0 Å². The number of carbonyl (C=O) groups excluding carboxylic acids is 4. The molecule has 4 aliphatic rings. The monoisotopic (exact) mass is 602 g/mol. The summed E-state index contributed by atoms with van der Waals surface area (Å²) in [6, 6.07) is 0. The van der Waals surface area contributed by atoms with E-state index < -0.39 is 74.8 Å². The highest BCUT2D eigenvalue weighted by Gasteiger charge is 2.75. The topological polar surface area (TPSA) is 147 Å². The standard InChI is InChI=1S/C34H50O9/c1-18(35)42-23-16-31(7)24-12-11-20-21(15-22(37)28(40)30(20,5)6)33(24,9)26(39)17-32(31,8)27(23)34(10,41)25(38)13-14-29(3,4)43-19(2)36/h11,13-14,21-24,27-28,37,40-41H,12,15-17H2,1-10H3/t21-,22+,23-,24+,27?,28-,31+,32-,33+,34+/m1/s1. The van der Waals surface area contributed by atoms with Crippen LogP contribution in [0.5, 0.6) is 0 Å². The molecule has 9 nitrogen and oxygen atoms in total. The number of rotatable bonds is 6. The summed E-state index contributed by atoms with van der Waals surface area (Å²) >= 11 is 0. The van der Waals surface area contributed by atoms with Crippen molar-refractivity contribution in [2.75, 3.05) is 0 Å². The molecule has 0 aromatic heterocycles. The summed E-state index contributed by atoms with van der Waals surface area (Å²) in [5, 5.41) is 33.8. The highest BCUT2D eigenvalue weighted by molar-refractivity contribution is 5.97. The predicted octanol–water partition coefficient (Wildman–Crippen LogP) is 3.86. The number of allylic oxidation sites excluding steroid dienone is 1. The van der Waals surface area contributed by atoms with E-state index in [1.807, 2.05) is 27.7 Å². The first-order valence-electron chi connectivity index (χ1n) is 15.4. The van der Waals surface area contributed by atoms with Gasteiger partial charge >= 0.3 is 11.9 Å². The van der Waals surface area contributed by atoms with Crippen LogP contribution in [-0.4, -0.2) is 68.3 Å². The molecule has 0 bridgehead atoms. The molecule has 240 valence electrons. The molecule has 0 amide bonds. The van der Waals surface area contributed by atoms with Gasteiger partial charge in [0, 0.05) is 37.0 Å². The summed E-state index contributed by atoms with van der Waals surface area (Å²) in [5.74, 6) is -3.13. The van der Waals surface area contributed by atoms with Crippen molar-refractivity contribution in [1.82, 2.24) is 0 Å². The average molecular weight is 603 g/mol. The van der Waals surface area contributed by atoms with Crippen molar-refractivity contribution >= 4 is 23.5 Å². The minimum absolute atomic E-state index is 0.0178. The molecular weight excluding hydrogens is 552 g/mol. The smallest absolute Gasteiger partial charge is 0.303 e. The summed E-state index contributed by atoms with van der Waals surface area (Å²) in [4.78, 5) is 52.1. The number of hydrogen-bond donors (Lipinski definition) is 3. The Labute approximate surface area is 255 Å². The quantitative estimate of drug-likeness (QED) is 0.234. The van der Waals surface area contributed by atoms with E-state index in [2.05, 4.69) is 13.0 Å². The maximum atomic E-state index is 14.5. The van der Waals surface area contributed by atoms with Crippen molar-refractivity contribution < 1.29 is 44.0 Å². The zero-order valence-electron chi connectivity index (χ0n) is 27.3. The Hall–Kier alpha value is -2.36. The molecule has 3 saturated carbocycles. The number of aliphatic hydroxyl groups excluding tert-OH is 2. The molecule has 0 heterocycles. The Morgan fingerprint density at radius 1 is 1.00 bits per heavy atom. The molecule has 0 aromatic rings. The van der Waals surface area contributed by atoms with Gasteiger partial charge in [-0.3, -0.25) is 19.2 Å². The number of Topliss-reactive ketones (excluding diaryl/α,β-unsaturated/α-hetero) is 1. The molecule has 1 unspecified atom stereocenters. The van der Waals surface area contributed by atoms with Crippen LogP contribution in [0.15, 0.2) is 23.8 Å². The second kappa shape index (κ2) is 10.3. The number of ketones is 2. The van der Waals surface area contributed by atoms with Gasteiger partial charge in [-0.2, -0.15) is 0 Å². The van der Waals surface area contributed by atoms with E-state index in [-0.39, 0.29) is 30.5 Å². The summed E-state index contributed by atoms with van der Waals surface area (Å²) < 4.78 is 11.1. The third-order valence-electron chi connectivity index (χ3n) is 12.1. The fourth-order valence-corrected chi connectivity index (χ4v) is 9.83. The van der Waals surface area contributed by atoms with Crippen LogP contribution in [-0.2, 0) is 28.7 Å². The summed E-state index contributed by atoms with van der Waals surface area (Å²) in [6.45, 7) is 17.0. The van der Waals surface area contributed by atoms with Gasteiger partial charge in [-0.1, -0.05) is 46.3 Å². The van der Waals surface area contributed by atoms with E-state index >= 15 is 0 Å². The van der Waals surface area contributed by atoms with Crippen molar-refractivity contribution in [3.63, 3.8) is 0 Å². The first kappa shape index (κ1) is 33.5. The maximum absolute atomic E-state index is 14.5. The van der Waals surface area contributed by atoms with Crippen LogP contribution in [0.4, 0.5) is 0 Å². The zero-order valence-corrected chi connectivity index (χ0v) is 27.3. The number of esters is 2. The molecule has 0 aliphatic heterocycles. The largest absolute Gasteiger partial charge is 0.462 e. The van der Waals surface area contributed by atoms with Gasteiger partial charge in [0.1, 0.15) is 23.1 Å². The number of aliphatic hydroxyl groups is 3. The van der Waals surface area contributed by atoms with Gasteiger partial charge in [0.05, 0.1) is 12.2 Å². The lowest BCUT2D eigenvalue weighted by Crippen LogP contribution is -2.65. The van der Waals surface area contributed by atoms with E-state index in [1.165, 1.54) is 32.9 Å². The van der Waals surface area contributed by atoms with Crippen molar-refractivity contribution in [2.45, 2.75) is 124 Å². The van der Waals surface area contributed by atoms with Crippen molar-refractivity contribution in [3.05, 3.63) is 23.8 Å². The first-order chi connectivity index (χ1) is 19.5. The number of carbonyl (C=O) groups is 4. The van der Waals surface area contributed by atoms with Crippen LogP contribution in [0, 0.1) is 39.4 Å². The number of fused-ring (bicyclic) bond motifs is 5. The zero-order chi connectivity index (χ0) is 32.7. The van der Waals surface area contributed by atoms with Gasteiger partial charge in [-0.25, -0.2) is 0 Å². The van der Waals surface area contributed by atoms with E-state index in [4.69, 9.17) is 9.47 Å². The number of ether oxygens (including phenoxy) is 2. The SMILES string of the molecule is CC(=O)O[C@@H]1C[C@@]2(C)[C@@H]3CC=C4[C@@H](C[C@H](O)[C@@H](O)C4(C)C)[C@]3(C)C(=O)C[C@]2(C)C1[C@@](C)(O)C(=O)C=CC(C)(C)OC(C)=O. The second-order valence-electron chi connectivity index (χ2n) is 15.6. The van der Waals surface area contributed by atoms with Crippen LogP contribution in [0.1, 0.15) is 94.9 Å². The van der Waals surface area contributed by atoms with Crippen LogP contribution >= 0.6 is 0 Å². The Bertz CT molecular complexity index is 1270. The molecule has 0 aromatic carbocycles. The molecule has 3 fully saturated rings. The van der Waals surface area contributed by atoms with Crippen LogP contribution in [0.2, 0.25) is 0 Å². The molecular formula is C34H50O9. The number of hydrogen-bond acceptors (Lipinski definition) is 9. The van der Waals surface area contributed by atoms with E-state index in [0.29, 0.717) is 12.8 Å². The first-order valence-corrected chi connectivity index (χ1v) is 15.4. The van der Waals surface area contributed by atoms with E-state index in [1.54, 1.807) is 13.8 Å². The molecule has 9 heteroatoms. The van der Waals surface area contributed by atoms with Crippen molar-refractivity contribution in [2.24, 2.45) is 39.4 Å². The van der Waals surface area contributed by atoms with E-state index in [9.17, 15) is 34.5 Å². The Kier molecular flexibility index (Phi) is 8.07. The maximum Gasteiger partial charge on any atom is 0.303 e. The minimum atomic E-state index is -2.02. The lowest BCUT2D eigenvalue weighted by atomic mass is 9.38. The third-order valence-corrected chi connectivity index (χ3v) is 12.1. The highest BCUT2D eigenvalue weighted by Crippen LogP contribution is 2.74. The second-order valence-corrected chi connectivity index (χ2v) is 15.6. The predicted molar refractivity (Wildman–Crippen MR) is 158 cm³/mol. The molecule has 0 saturated heterocycles. The molecule has 10 atom stereocenters. The van der Waals surface area contributed by atoms with Crippen molar-refractivity contribution in [1.29, 1.82) is 0 Å². The summed E-state index contributed by atoms with van der Waals surface area (Å²) in [7, 11) is 0. The van der Waals surface area contributed by atoms with Gasteiger partial charge < -0.3 is 24.8 Å². The fraction of sp³-hybridized carbons (Fsp3) is 0.765. The average Bonchev–Trinajstić information content (AvgIpc) is 3.07. The lowest BCUT2D eigenvalue weighted by molar-refractivity contribution is -0.187. The fourth-order valence-electron chi connectivity index (χ4n) is 9.83. The minimum Gasteiger partial charge on any atom is -0.462 e. The van der Waals surface area contributed by atoms with Gasteiger partial charge in [0.15, 0.2) is 5.78 Å². The Morgan fingerprint density at radius 2 is 1.60 bits per heavy atom. The molecule has 3 N–H and O–H groups in total. The van der Waals surface area contributed by atoms with Gasteiger partial charge in [-0.15, -0.1) is 0 Å². The Balaban J connectivity index is 1.81. The normalized spacial score (nSPS) is 41.8. The summed E-state index contributed by atoms with van der Waals surface area (Å²) in [5.41, 5.74) is -5.28. The van der Waals surface area contributed by atoms with Crippen molar-refractivity contribution in [3.8, 4) is 0 Å². The van der Waals surface area contributed by atoms with E-state index in [0.717, 1.165) is 5.57 Å². The van der Waals surface area contributed by atoms with Crippen LogP contribution < -0.4 is 0 Å². The van der Waals surface area contributed by atoms with Gasteiger partial charge in [0.25, 0.3) is 0 Å². The van der Waals surface area contributed by atoms with Gasteiger partial charge in [-0.05, 0) is 74.9 Å². The highest BCUT2D eigenvalue weighted by atomic mass is 16.6. The molecule has 0 radical (unpaired) electrons. The lowest BCUT2D eigenvalue weighted by Gasteiger charge is -2.65. The Morgan fingerprint density at radius 3 is 2.16 bits per heavy atom. The molecule has 0 spiro atoms. The van der Waals surface area contributed by atoms with Gasteiger partial charge in [0.2, 0.25) is 0 Å². The summed E-state index contributed by atoms with van der Waals surface area (Å²) in [6.07, 6.45) is 3.18.